The van der Waals surface area contributed by atoms with Gasteiger partial charge in [-0.1, -0.05) is 0 Å². The highest BCUT2D eigenvalue weighted by Crippen LogP contribution is 2.30. The summed E-state index contributed by atoms with van der Waals surface area (Å²) in [6.45, 7) is -2.31. The van der Waals surface area contributed by atoms with Crippen molar-refractivity contribution in [3.63, 3.8) is 0 Å². The molecular formula is C10H7F5O2. The Hall–Kier alpha value is -1.66. The molecule has 0 unspecified atom stereocenters. The molecule has 0 fully saturated rings. The molecule has 0 atom stereocenters. The van der Waals surface area contributed by atoms with Gasteiger partial charge in [0.05, 0.1) is 5.56 Å². The first-order valence-electron chi connectivity index (χ1n) is 4.40. The number of carbonyl (C=O) groups excluding carboxylic acids is 1. The lowest BCUT2D eigenvalue weighted by Gasteiger charge is -2.11. The number of Topliss-reactive ketones (excluding diaryl/α,β-unsaturated/α-hetero) is 1. The molecule has 0 saturated heterocycles. The number of ether oxygens (including phenoxy) is 1. The van der Waals surface area contributed by atoms with E-state index >= 15 is 0 Å². The van der Waals surface area contributed by atoms with E-state index in [1.165, 1.54) is 0 Å². The van der Waals surface area contributed by atoms with Gasteiger partial charge in [0.25, 0.3) is 6.43 Å². The van der Waals surface area contributed by atoms with Gasteiger partial charge >= 0.3 is 6.61 Å². The minimum atomic E-state index is -3.23. The zero-order valence-electron chi connectivity index (χ0n) is 8.52. The van der Waals surface area contributed by atoms with Gasteiger partial charge in [0.15, 0.2) is 5.78 Å². The molecule has 0 aromatic heterocycles. The monoisotopic (exact) mass is 254 g/mol. The standard InChI is InChI=1S/C10H7F5O2/c1-4(16)6-2-5(17-10(14)15)3-7(11)8(6)9(12)13/h2-3,9-10H,1H3. The number of halogens is 5. The van der Waals surface area contributed by atoms with E-state index in [-0.39, 0.29) is 0 Å². The molecule has 0 spiro atoms. The summed E-state index contributed by atoms with van der Waals surface area (Å²) in [5.41, 5.74) is -1.78. The molecule has 7 heteroatoms. The van der Waals surface area contributed by atoms with Crippen LogP contribution in [-0.2, 0) is 0 Å². The summed E-state index contributed by atoms with van der Waals surface area (Å²) in [6.07, 6.45) is -3.21. The van der Waals surface area contributed by atoms with Crippen LogP contribution in [0.1, 0.15) is 29.3 Å². The number of rotatable bonds is 4. The fraction of sp³-hybridized carbons (Fsp3) is 0.300. The Morgan fingerprint density at radius 2 is 1.82 bits per heavy atom. The number of ketones is 1. The van der Waals surface area contributed by atoms with E-state index < -0.39 is 41.5 Å². The van der Waals surface area contributed by atoms with Crippen LogP contribution in [0, 0.1) is 5.82 Å². The maximum absolute atomic E-state index is 13.2. The number of hydrogen-bond donors (Lipinski definition) is 0. The van der Waals surface area contributed by atoms with Crippen LogP contribution in [0.3, 0.4) is 0 Å². The van der Waals surface area contributed by atoms with Gasteiger partial charge in [0.1, 0.15) is 11.6 Å². The van der Waals surface area contributed by atoms with E-state index in [2.05, 4.69) is 4.74 Å². The smallest absolute Gasteiger partial charge is 0.387 e. The Morgan fingerprint density at radius 3 is 2.24 bits per heavy atom. The second-order valence-electron chi connectivity index (χ2n) is 3.10. The predicted molar refractivity (Wildman–Crippen MR) is 48.0 cm³/mol. The van der Waals surface area contributed by atoms with Gasteiger partial charge in [-0.25, -0.2) is 13.2 Å². The topological polar surface area (TPSA) is 26.3 Å². The van der Waals surface area contributed by atoms with Crippen molar-refractivity contribution in [3.8, 4) is 5.75 Å². The summed E-state index contributed by atoms with van der Waals surface area (Å²) in [4.78, 5) is 11.0. The molecule has 0 heterocycles. The average molecular weight is 254 g/mol. The van der Waals surface area contributed by atoms with Crippen LogP contribution < -0.4 is 4.74 Å². The van der Waals surface area contributed by atoms with Crippen LogP contribution >= 0.6 is 0 Å². The van der Waals surface area contributed by atoms with Gasteiger partial charge in [0, 0.05) is 11.6 Å². The molecule has 1 rings (SSSR count). The molecule has 0 saturated carbocycles. The molecule has 0 aliphatic rings. The molecule has 1 aromatic carbocycles. The van der Waals surface area contributed by atoms with Gasteiger partial charge in [-0.3, -0.25) is 4.79 Å². The Balaban J connectivity index is 3.31. The predicted octanol–water partition coefficient (Wildman–Crippen LogP) is 3.57. The van der Waals surface area contributed by atoms with Gasteiger partial charge < -0.3 is 4.74 Å². The van der Waals surface area contributed by atoms with Crippen molar-refractivity contribution in [3.05, 3.63) is 29.1 Å². The van der Waals surface area contributed by atoms with Crippen molar-refractivity contribution >= 4 is 5.78 Å². The molecule has 0 aliphatic heterocycles. The van der Waals surface area contributed by atoms with E-state index in [9.17, 15) is 26.7 Å². The molecule has 2 nitrogen and oxygen atoms in total. The van der Waals surface area contributed by atoms with Gasteiger partial charge in [-0.2, -0.15) is 8.78 Å². The van der Waals surface area contributed by atoms with Crippen molar-refractivity contribution in [2.24, 2.45) is 0 Å². The third-order valence-corrected chi connectivity index (χ3v) is 1.93. The summed E-state index contributed by atoms with van der Waals surface area (Å²) in [6, 6.07) is 1.05. The van der Waals surface area contributed by atoms with Gasteiger partial charge in [-0.05, 0) is 13.0 Å². The van der Waals surface area contributed by atoms with Crippen LogP contribution in [0.2, 0.25) is 0 Å². The van der Waals surface area contributed by atoms with Gasteiger partial charge in [0.2, 0.25) is 0 Å². The van der Waals surface area contributed by atoms with E-state index in [1.54, 1.807) is 0 Å². The fourth-order valence-corrected chi connectivity index (χ4v) is 1.28. The van der Waals surface area contributed by atoms with Crippen LogP contribution in [-0.4, -0.2) is 12.4 Å². The summed E-state index contributed by atoms with van der Waals surface area (Å²) in [5, 5.41) is 0. The number of alkyl halides is 4. The molecule has 0 N–H and O–H groups in total. The molecule has 0 bridgehead atoms. The molecule has 17 heavy (non-hydrogen) atoms. The second kappa shape index (κ2) is 5.11. The molecule has 0 aliphatic carbocycles. The third kappa shape index (κ3) is 3.15. The van der Waals surface area contributed by atoms with Gasteiger partial charge in [-0.15, -0.1) is 0 Å². The Morgan fingerprint density at radius 1 is 1.24 bits per heavy atom. The van der Waals surface area contributed by atoms with Crippen molar-refractivity contribution in [2.45, 2.75) is 20.0 Å². The first-order chi connectivity index (χ1) is 7.82. The van der Waals surface area contributed by atoms with E-state index in [0.29, 0.717) is 12.1 Å². The van der Waals surface area contributed by atoms with Crippen LogP contribution in [0.4, 0.5) is 22.0 Å². The lowest BCUT2D eigenvalue weighted by molar-refractivity contribution is -0.0500. The highest BCUT2D eigenvalue weighted by Gasteiger charge is 2.23. The maximum atomic E-state index is 13.2. The van der Waals surface area contributed by atoms with Crippen LogP contribution in [0.15, 0.2) is 12.1 Å². The Kier molecular flexibility index (Phi) is 4.03. The zero-order valence-corrected chi connectivity index (χ0v) is 8.52. The largest absolute Gasteiger partial charge is 0.435 e. The number of carbonyl (C=O) groups is 1. The first-order valence-corrected chi connectivity index (χ1v) is 4.40. The molecule has 0 amide bonds. The van der Waals surface area contributed by atoms with Crippen LogP contribution in [0.5, 0.6) is 5.75 Å². The molecular weight excluding hydrogens is 247 g/mol. The quantitative estimate of drug-likeness (QED) is 0.606. The summed E-state index contributed by atoms with van der Waals surface area (Å²) >= 11 is 0. The summed E-state index contributed by atoms with van der Waals surface area (Å²) < 4.78 is 65.7. The van der Waals surface area contributed by atoms with E-state index in [4.69, 9.17) is 0 Å². The Labute approximate surface area is 93.0 Å². The number of benzene rings is 1. The third-order valence-electron chi connectivity index (χ3n) is 1.93. The van der Waals surface area contributed by atoms with Crippen molar-refractivity contribution in [1.29, 1.82) is 0 Å². The zero-order chi connectivity index (χ0) is 13.2. The second-order valence-corrected chi connectivity index (χ2v) is 3.10. The lowest BCUT2D eigenvalue weighted by Crippen LogP contribution is -2.07. The lowest BCUT2D eigenvalue weighted by atomic mass is 10.0. The highest BCUT2D eigenvalue weighted by molar-refractivity contribution is 5.96. The maximum Gasteiger partial charge on any atom is 0.387 e. The first kappa shape index (κ1) is 13.4. The minimum absolute atomic E-state index is 0.389. The van der Waals surface area contributed by atoms with E-state index in [1.807, 2.05) is 0 Å². The summed E-state index contributed by atoms with van der Waals surface area (Å²) in [7, 11) is 0. The number of hydrogen-bond acceptors (Lipinski definition) is 2. The minimum Gasteiger partial charge on any atom is -0.435 e. The normalized spacial score (nSPS) is 11.1. The van der Waals surface area contributed by atoms with E-state index in [0.717, 1.165) is 6.92 Å². The molecule has 0 radical (unpaired) electrons. The van der Waals surface area contributed by atoms with Crippen LogP contribution in [0.25, 0.3) is 0 Å². The average Bonchev–Trinajstić information content (AvgIpc) is 2.14. The highest BCUT2D eigenvalue weighted by atomic mass is 19.3. The SMILES string of the molecule is CC(=O)c1cc(OC(F)F)cc(F)c1C(F)F. The van der Waals surface area contributed by atoms with Crippen molar-refractivity contribution in [2.75, 3.05) is 0 Å². The fourth-order valence-electron chi connectivity index (χ4n) is 1.28. The summed E-state index contributed by atoms with van der Waals surface area (Å²) in [5.74, 6) is -2.99. The molecule has 94 valence electrons. The van der Waals surface area contributed by atoms with Crippen molar-refractivity contribution in [1.82, 2.24) is 0 Å². The van der Waals surface area contributed by atoms with Crippen molar-refractivity contribution < 1.29 is 31.5 Å². The Bertz CT molecular complexity index is 431. The molecule has 1 aromatic rings.